The molecule has 3 aromatic carbocycles. The minimum absolute atomic E-state index is 0. The molecule has 122 valence electrons. The normalized spacial score (nSPS) is 12.0. The first kappa shape index (κ1) is 18.6. The van der Waals surface area contributed by atoms with Gasteiger partial charge in [0.1, 0.15) is 28.8 Å². The molecule has 0 radical (unpaired) electrons. The van der Waals surface area contributed by atoms with Crippen molar-refractivity contribution in [3.05, 3.63) is 91.0 Å². The monoisotopic (exact) mass is 398 g/mol. The van der Waals surface area contributed by atoms with E-state index >= 15 is 0 Å². The molecule has 1 nitrogen and oxygen atoms in total. The summed E-state index contributed by atoms with van der Waals surface area (Å²) < 4.78 is 0. The van der Waals surface area contributed by atoms with E-state index in [-0.39, 0.29) is 22.6 Å². The second kappa shape index (κ2) is 8.37. The molecule has 0 aromatic heterocycles. The summed E-state index contributed by atoms with van der Waals surface area (Å²) in [7, 11) is -2.01. The van der Waals surface area contributed by atoms with Crippen molar-refractivity contribution >= 4 is 29.5 Å². The number of carbonyl (C=O) groups is 1. The largest absolute Gasteiger partial charge is 1.00 e. The van der Waals surface area contributed by atoms with Crippen molar-refractivity contribution in [1.82, 2.24) is 0 Å². The molecule has 0 fully saturated rings. The molecule has 0 aliphatic heterocycles. The summed E-state index contributed by atoms with van der Waals surface area (Å²) in [4.78, 5) is 11.9. The van der Waals surface area contributed by atoms with Crippen molar-refractivity contribution in [3.8, 4) is 0 Å². The summed E-state index contributed by atoms with van der Waals surface area (Å²) in [6, 6.07) is 31.4. The van der Waals surface area contributed by atoms with Crippen LogP contribution in [0.3, 0.4) is 0 Å². The Balaban J connectivity index is 0.00000208. The molecule has 3 aromatic rings. The van der Waals surface area contributed by atoms with Gasteiger partial charge in [-0.15, -0.1) is 0 Å². The third-order valence-electron chi connectivity index (χ3n) is 4.30. The fraction of sp³-hybridized carbons (Fsp3) is 0.0952. The Morgan fingerprint density at radius 3 is 1.21 bits per heavy atom. The lowest BCUT2D eigenvalue weighted by Gasteiger charge is -2.30. The van der Waals surface area contributed by atoms with Gasteiger partial charge in [-0.2, -0.15) is 0 Å². The van der Waals surface area contributed by atoms with Gasteiger partial charge in [-0.05, 0) is 43.3 Å². The van der Waals surface area contributed by atoms with E-state index < -0.39 is 7.26 Å². The third-order valence-corrected chi connectivity index (χ3v) is 8.98. The average Bonchev–Trinajstić information content (AvgIpc) is 2.65. The summed E-state index contributed by atoms with van der Waals surface area (Å²) in [5.41, 5.74) is -0.0744. The van der Waals surface area contributed by atoms with E-state index in [9.17, 15) is 4.79 Å². The summed E-state index contributed by atoms with van der Waals surface area (Å²) in [6.45, 7) is 2.05. The predicted molar refractivity (Wildman–Crippen MR) is 101 cm³/mol. The van der Waals surface area contributed by atoms with Crippen molar-refractivity contribution in [1.29, 1.82) is 0 Å². The summed E-state index contributed by atoms with van der Waals surface area (Å²) in [6.07, 6.45) is 1.11. The summed E-state index contributed by atoms with van der Waals surface area (Å²) in [5, 5.41) is 3.74. The highest BCUT2D eigenvalue weighted by atomic mass is 79.9. The van der Waals surface area contributed by atoms with E-state index in [1.165, 1.54) is 15.9 Å². The van der Waals surface area contributed by atoms with E-state index in [4.69, 9.17) is 0 Å². The van der Waals surface area contributed by atoms with Crippen LogP contribution in [0.5, 0.6) is 0 Å². The number of halogens is 1. The van der Waals surface area contributed by atoms with Crippen molar-refractivity contribution in [2.45, 2.75) is 12.6 Å². The van der Waals surface area contributed by atoms with Gasteiger partial charge >= 0.3 is 0 Å². The van der Waals surface area contributed by atoms with Gasteiger partial charge in [-0.25, -0.2) is 0 Å². The van der Waals surface area contributed by atoms with Crippen LogP contribution in [0.15, 0.2) is 91.0 Å². The number of carbonyl (C=O) groups excluding carboxylic acids is 1. The number of hydrogen-bond donors (Lipinski definition) is 0. The van der Waals surface area contributed by atoms with E-state index in [1.807, 2.05) is 25.1 Å². The van der Waals surface area contributed by atoms with Crippen LogP contribution in [-0.2, 0) is 4.79 Å². The highest BCUT2D eigenvalue weighted by molar-refractivity contribution is 7.96. The second-order valence-electron chi connectivity index (χ2n) is 5.61. The maximum Gasteiger partial charge on any atom is 0.161 e. The van der Waals surface area contributed by atoms with Gasteiger partial charge in [0.15, 0.2) is 6.29 Å². The standard InChI is InChI=1S/C21H20OP.BrH/c1-18(17-22)23(19-11-5-2-6-12-19,20-13-7-3-8-14-20)21-15-9-4-10-16-21;/h2-18H,1H3;1H/q+1;/p-1. The Kier molecular flexibility index (Phi) is 6.48. The van der Waals surface area contributed by atoms with Gasteiger partial charge in [0, 0.05) is 0 Å². The molecule has 0 heterocycles. The minimum atomic E-state index is -2.01. The van der Waals surface area contributed by atoms with Crippen LogP contribution in [0.25, 0.3) is 0 Å². The van der Waals surface area contributed by atoms with E-state index in [0.29, 0.717) is 0 Å². The quantitative estimate of drug-likeness (QED) is 0.453. The lowest BCUT2D eigenvalue weighted by atomic mass is 10.3. The molecule has 0 spiro atoms. The average molecular weight is 399 g/mol. The van der Waals surface area contributed by atoms with Crippen LogP contribution in [-0.4, -0.2) is 11.9 Å². The van der Waals surface area contributed by atoms with Crippen molar-refractivity contribution in [3.63, 3.8) is 0 Å². The highest BCUT2D eigenvalue weighted by Gasteiger charge is 2.50. The second-order valence-corrected chi connectivity index (χ2v) is 9.42. The van der Waals surface area contributed by atoms with E-state index in [1.54, 1.807) is 0 Å². The molecule has 1 atom stereocenters. The maximum absolute atomic E-state index is 11.9. The molecule has 0 N–H and O–H groups in total. The lowest BCUT2D eigenvalue weighted by Crippen LogP contribution is -3.00. The molecular formula is C21H20BrOP. The van der Waals surface area contributed by atoms with Crippen LogP contribution in [0.4, 0.5) is 0 Å². The van der Waals surface area contributed by atoms with Crippen molar-refractivity contribution in [2.75, 3.05) is 0 Å². The van der Waals surface area contributed by atoms with Gasteiger partial charge in [-0.3, -0.25) is 4.79 Å². The highest BCUT2D eigenvalue weighted by Crippen LogP contribution is 2.58. The molecule has 0 aliphatic rings. The molecule has 1 unspecified atom stereocenters. The number of benzene rings is 3. The maximum atomic E-state index is 11.9. The Labute approximate surface area is 154 Å². The molecular weight excluding hydrogens is 379 g/mol. The molecule has 0 saturated heterocycles. The smallest absolute Gasteiger partial charge is 0.161 e. The molecule has 0 amide bonds. The fourth-order valence-corrected chi connectivity index (χ4v) is 7.65. The first-order valence-electron chi connectivity index (χ1n) is 7.81. The third kappa shape index (κ3) is 3.22. The topological polar surface area (TPSA) is 17.1 Å². The first-order valence-corrected chi connectivity index (χ1v) is 9.67. The lowest BCUT2D eigenvalue weighted by molar-refractivity contribution is -0.107. The Morgan fingerprint density at radius 2 is 0.958 bits per heavy atom. The summed E-state index contributed by atoms with van der Waals surface area (Å²) >= 11 is 0. The van der Waals surface area contributed by atoms with Gasteiger partial charge in [0.25, 0.3) is 0 Å². The SMILES string of the molecule is CC(C=O)[P+](c1ccccc1)(c1ccccc1)c1ccccc1.[Br-]. The first-order chi connectivity index (χ1) is 11.3. The Hall–Kier alpha value is -1.76. The number of hydrogen-bond acceptors (Lipinski definition) is 1. The number of rotatable bonds is 5. The van der Waals surface area contributed by atoms with E-state index in [2.05, 4.69) is 72.8 Å². The van der Waals surface area contributed by atoms with Crippen molar-refractivity contribution in [2.24, 2.45) is 0 Å². The fourth-order valence-electron chi connectivity index (χ4n) is 3.23. The van der Waals surface area contributed by atoms with Crippen LogP contribution < -0.4 is 32.9 Å². The van der Waals surface area contributed by atoms with Crippen LogP contribution in [0.1, 0.15) is 6.92 Å². The molecule has 0 aliphatic carbocycles. The Morgan fingerprint density at radius 1 is 0.667 bits per heavy atom. The van der Waals surface area contributed by atoms with Gasteiger partial charge < -0.3 is 17.0 Å². The number of aldehydes is 1. The van der Waals surface area contributed by atoms with Gasteiger partial charge in [0.05, 0.1) is 0 Å². The minimum Gasteiger partial charge on any atom is -1.00 e. The zero-order valence-electron chi connectivity index (χ0n) is 13.5. The van der Waals surface area contributed by atoms with E-state index in [0.717, 1.165) is 6.29 Å². The predicted octanol–water partition coefficient (Wildman–Crippen LogP) is 0.572. The van der Waals surface area contributed by atoms with Crippen LogP contribution in [0, 0.1) is 0 Å². The summed E-state index contributed by atoms with van der Waals surface area (Å²) in [5.74, 6) is 0. The molecule has 24 heavy (non-hydrogen) atoms. The molecule has 3 rings (SSSR count). The van der Waals surface area contributed by atoms with Gasteiger partial charge in [0.2, 0.25) is 0 Å². The molecule has 0 saturated carbocycles. The molecule has 3 heteroatoms. The zero-order valence-corrected chi connectivity index (χ0v) is 16.0. The van der Waals surface area contributed by atoms with Gasteiger partial charge in [-0.1, -0.05) is 54.6 Å². The zero-order chi connectivity index (χ0) is 16.1. The van der Waals surface area contributed by atoms with Crippen LogP contribution >= 0.6 is 7.26 Å². The Bertz CT molecular complexity index is 663. The van der Waals surface area contributed by atoms with Crippen molar-refractivity contribution < 1.29 is 21.8 Å². The molecule has 0 bridgehead atoms. The van der Waals surface area contributed by atoms with Crippen LogP contribution in [0.2, 0.25) is 0 Å².